The summed E-state index contributed by atoms with van der Waals surface area (Å²) in [6, 6.07) is 9.53. The third kappa shape index (κ3) is 3.14. The van der Waals surface area contributed by atoms with Crippen LogP contribution in [0.2, 0.25) is 10.0 Å². The minimum Gasteiger partial charge on any atom is -0.505 e. The first-order valence-corrected chi connectivity index (χ1v) is 6.71. The van der Waals surface area contributed by atoms with E-state index in [0.717, 1.165) is 5.69 Å². The largest absolute Gasteiger partial charge is 0.505 e. The van der Waals surface area contributed by atoms with Crippen molar-refractivity contribution in [2.75, 3.05) is 5.32 Å². The van der Waals surface area contributed by atoms with Crippen molar-refractivity contribution in [1.82, 2.24) is 0 Å². The molecule has 0 saturated carbocycles. The van der Waals surface area contributed by atoms with Gasteiger partial charge in [-0.15, -0.1) is 0 Å². The van der Waals surface area contributed by atoms with Crippen molar-refractivity contribution in [1.29, 1.82) is 0 Å². The van der Waals surface area contributed by atoms with E-state index >= 15 is 0 Å². The minimum absolute atomic E-state index is 0.0828. The third-order valence-corrected chi connectivity index (χ3v) is 3.79. The SMILES string of the molecule is Cc1cccc(CNc2cc(Cl)c(O)c(Cl)c2)c1C. The van der Waals surface area contributed by atoms with Gasteiger partial charge in [0, 0.05) is 12.2 Å². The molecule has 2 nitrogen and oxygen atoms in total. The van der Waals surface area contributed by atoms with Crippen LogP contribution in [0.3, 0.4) is 0 Å². The molecule has 0 unspecified atom stereocenters. The fraction of sp³-hybridized carbons (Fsp3) is 0.200. The van der Waals surface area contributed by atoms with Gasteiger partial charge in [-0.1, -0.05) is 41.4 Å². The van der Waals surface area contributed by atoms with Crippen LogP contribution < -0.4 is 5.32 Å². The van der Waals surface area contributed by atoms with E-state index in [2.05, 4.69) is 31.3 Å². The molecule has 0 heterocycles. The summed E-state index contributed by atoms with van der Waals surface area (Å²) in [7, 11) is 0. The number of phenolic OH excluding ortho intramolecular Hbond substituents is 1. The highest BCUT2D eigenvalue weighted by atomic mass is 35.5. The zero-order valence-corrected chi connectivity index (χ0v) is 12.3. The first-order chi connectivity index (χ1) is 8.99. The molecule has 0 radical (unpaired) electrons. The first-order valence-electron chi connectivity index (χ1n) is 5.96. The summed E-state index contributed by atoms with van der Waals surface area (Å²) in [6.07, 6.45) is 0. The predicted molar refractivity (Wildman–Crippen MR) is 81.4 cm³/mol. The maximum absolute atomic E-state index is 9.50. The number of phenols is 1. The molecule has 0 amide bonds. The van der Waals surface area contributed by atoms with Gasteiger partial charge in [0.2, 0.25) is 0 Å². The van der Waals surface area contributed by atoms with Gasteiger partial charge >= 0.3 is 0 Å². The predicted octanol–water partition coefficient (Wildman–Crippen LogP) is 4.93. The van der Waals surface area contributed by atoms with Crippen molar-refractivity contribution in [3.8, 4) is 5.75 Å². The van der Waals surface area contributed by atoms with Gasteiger partial charge in [0.05, 0.1) is 10.0 Å². The second-order valence-electron chi connectivity index (χ2n) is 4.50. The van der Waals surface area contributed by atoms with Crippen LogP contribution in [0.25, 0.3) is 0 Å². The molecule has 0 spiro atoms. The summed E-state index contributed by atoms with van der Waals surface area (Å²) in [5, 5.41) is 13.3. The lowest BCUT2D eigenvalue weighted by Crippen LogP contribution is -2.02. The number of nitrogens with one attached hydrogen (secondary N) is 1. The van der Waals surface area contributed by atoms with E-state index in [9.17, 15) is 5.11 Å². The van der Waals surface area contributed by atoms with Crippen LogP contribution in [-0.2, 0) is 6.54 Å². The summed E-state index contributed by atoms with van der Waals surface area (Å²) >= 11 is 11.8. The number of aromatic hydroxyl groups is 1. The highest BCUT2D eigenvalue weighted by molar-refractivity contribution is 6.37. The standard InChI is InChI=1S/C15H15Cl2NO/c1-9-4-3-5-11(10(9)2)8-18-12-6-13(16)15(19)14(17)7-12/h3-7,18-19H,8H2,1-2H3. The molecular formula is C15H15Cl2NO. The molecule has 2 aromatic rings. The van der Waals surface area contributed by atoms with Crippen molar-refractivity contribution < 1.29 is 5.11 Å². The average Bonchev–Trinajstić information content (AvgIpc) is 2.37. The molecule has 0 aromatic heterocycles. The van der Waals surface area contributed by atoms with E-state index in [4.69, 9.17) is 23.2 Å². The molecule has 0 aliphatic heterocycles. The molecule has 0 fully saturated rings. The molecule has 0 aliphatic carbocycles. The monoisotopic (exact) mass is 295 g/mol. The smallest absolute Gasteiger partial charge is 0.152 e. The fourth-order valence-electron chi connectivity index (χ4n) is 1.87. The number of rotatable bonds is 3. The third-order valence-electron chi connectivity index (χ3n) is 3.22. The Morgan fingerprint density at radius 1 is 1.11 bits per heavy atom. The lowest BCUT2D eigenvalue weighted by atomic mass is 10.0. The molecular weight excluding hydrogens is 281 g/mol. The lowest BCUT2D eigenvalue weighted by Gasteiger charge is -2.12. The molecule has 2 rings (SSSR count). The van der Waals surface area contributed by atoms with E-state index in [1.165, 1.54) is 16.7 Å². The van der Waals surface area contributed by atoms with Gasteiger partial charge < -0.3 is 10.4 Å². The second-order valence-corrected chi connectivity index (χ2v) is 5.32. The van der Waals surface area contributed by atoms with Crippen molar-refractivity contribution in [3.05, 3.63) is 57.1 Å². The van der Waals surface area contributed by atoms with Crippen molar-refractivity contribution in [2.24, 2.45) is 0 Å². The zero-order chi connectivity index (χ0) is 14.0. The van der Waals surface area contributed by atoms with Gasteiger partial charge in [-0.3, -0.25) is 0 Å². The van der Waals surface area contributed by atoms with E-state index in [1.54, 1.807) is 12.1 Å². The van der Waals surface area contributed by atoms with E-state index in [1.807, 2.05) is 6.07 Å². The summed E-state index contributed by atoms with van der Waals surface area (Å²) in [4.78, 5) is 0. The van der Waals surface area contributed by atoms with Crippen LogP contribution in [0.4, 0.5) is 5.69 Å². The van der Waals surface area contributed by atoms with Crippen molar-refractivity contribution in [3.63, 3.8) is 0 Å². The molecule has 100 valence electrons. The Hall–Kier alpha value is -1.38. The molecule has 2 aromatic carbocycles. The Labute approximate surface area is 123 Å². The Morgan fingerprint density at radius 2 is 1.74 bits per heavy atom. The fourth-order valence-corrected chi connectivity index (χ4v) is 2.36. The van der Waals surface area contributed by atoms with Crippen LogP contribution in [0.1, 0.15) is 16.7 Å². The summed E-state index contributed by atoms with van der Waals surface area (Å²) in [5.41, 5.74) is 4.54. The quantitative estimate of drug-likeness (QED) is 0.787. The molecule has 0 saturated heterocycles. The first kappa shape index (κ1) is 14.0. The van der Waals surface area contributed by atoms with Gasteiger partial charge in [-0.25, -0.2) is 0 Å². The minimum atomic E-state index is -0.0828. The van der Waals surface area contributed by atoms with E-state index in [-0.39, 0.29) is 15.8 Å². The molecule has 0 bridgehead atoms. The number of aryl methyl sites for hydroxylation is 1. The number of hydrogen-bond acceptors (Lipinski definition) is 2. The Balaban J connectivity index is 2.17. The van der Waals surface area contributed by atoms with Gasteiger partial charge in [0.25, 0.3) is 0 Å². The molecule has 2 N–H and O–H groups in total. The Bertz CT molecular complexity index is 588. The van der Waals surface area contributed by atoms with Gasteiger partial charge in [-0.2, -0.15) is 0 Å². The van der Waals surface area contributed by atoms with E-state index in [0.29, 0.717) is 6.54 Å². The van der Waals surface area contributed by atoms with Gasteiger partial charge in [0.15, 0.2) is 5.75 Å². The maximum atomic E-state index is 9.50. The van der Waals surface area contributed by atoms with Crippen LogP contribution >= 0.6 is 23.2 Å². The number of benzene rings is 2. The van der Waals surface area contributed by atoms with Crippen LogP contribution in [-0.4, -0.2) is 5.11 Å². The highest BCUT2D eigenvalue weighted by Gasteiger charge is 2.07. The normalized spacial score (nSPS) is 10.5. The zero-order valence-electron chi connectivity index (χ0n) is 10.8. The highest BCUT2D eigenvalue weighted by Crippen LogP contribution is 2.34. The van der Waals surface area contributed by atoms with Crippen LogP contribution in [0.15, 0.2) is 30.3 Å². The van der Waals surface area contributed by atoms with E-state index < -0.39 is 0 Å². The molecule has 19 heavy (non-hydrogen) atoms. The topological polar surface area (TPSA) is 32.3 Å². The van der Waals surface area contributed by atoms with Crippen LogP contribution in [0, 0.1) is 13.8 Å². The summed E-state index contributed by atoms with van der Waals surface area (Å²) < 4.78 is 0. The number of halogens is 2. The Morgan fingerprint density at radius 3 is 2.37 bits per heavy atom. The summed E-state index contributed by atoms with van der Waals surface area (Å²) in [6.45, 7) is 4.88. The maximum Gasteiger partial charge on any atom is 0.152 e. The second kappa shape index (κ2) is 5.72. The number of hydrogen-bond donors (Lipinski definition) is 2. The average molecular weight is 296 g/mol. The summed E-state index contributed by atoms with van der Waals surface area (Å²) in [5.74, 6) is -0.0828. The molecule has 4 heteroatoms. The van der Waals surface area contributed by atoms with Gasteiger partial charge in [-0.05, 0) is 42.7 Å². The Kier molecular flexibility index (Phi) is 4.23. The van der Waals surface area contributed by atoms with Crippen molar-refractivity contribution in [2.45, 2.75) is 20.4 Å². The molecule has 0 aliphatic rings. The number of anilines is 1. The van der Waals surface area contributed by atoms with Crippen molar-refractivity contribution >= 4 is 28.9 Å². The molecule has 0 atom stereocenters. The van der Waals surface area contributed by atoms with Gasteiger partial charge in [0.1, 0.15) is 0 Å². The van der Waals surface area contributed by atoms with Crippen LogP contribution in [0.5, 0.6) is 5.75 Å². The lowest BCUT2D eigenvalue weighted by molar-refractivity contribution is 0.476.